The average molecular weight is 278 g/mol. The molecular formula is C15H22N2O3. The quantitative estimate of drug-likeness (QED) is 0.837. The minimum Gasteiger partial charge on any atom is -0.478 e. The summed E-state index contributed by atoms with van der Waals surface area (Å²) >= 11 is 0. The van der Waals surface area contributed by atoms with E-state index in [1.165, 1.54) is 0 Å². The number of carbonyl (C=O) groups is 1. The molecule has 1 heterocycles. The van der Waals surface area contributed by atoms with E-state index in [4.69, 9.17) is 0 Å². The first-order valence-electron chi connectivity index (χ1n) is 6.85. The van der Waals surface area contributed by atoms with E-state index in [1.54, 1.807) is 12.1 Å². The largest absolute Gasteiger partial charge is 0.478 e. The fourth-order valence-electron chi connectivity index (χ4n) is 2.80. The Balaban J connectivity index is 2.15. The third kappa shape index (κ3) is 3.17. The van der Waals surface area contributed by atoms with Crippen molar-refractivity contribution in [1.29, 1.82) is 0 Å². The normalized spacial score (nSPS) is 23.4. The molecule has 5 heteroatoms. The first-order chi connectivity index (χ1) is 9.52. The predicted molar refractivity (Wildman–Crippen MR) is 76.8 cm³/mol. The number of carboxylic acids is 1. The number of aliphatic hydroxyl groups excluding tert-OH is 1. The van der Waals surface area contributed by atoms with Gasteiger partial charge >= 0.3 is 5.97 Å². The molecule has 1 aromatic rings. The van der Waals surface area contributed by atoms with Gasteiger partial charge in [-0.2, -0.15) is 0 Å². The Bertz CT molecular complexity index is 476. The Hall–Kier alpha value is -1.43. The molecule has 5 nitrogen and oxygen atoms in total. The topological polar surface area (TPSA) is 64.0 Å². The summed E-state index contributed by atoms with van der Waals surface area (Å²) in [5.41, 5.74) is 1.15. The molecule has 0 aliphatic carbocycles. The van der Waals surface area contributed by atoms with Gasteiger partial charge in [-0.25, -0.2) is 4.79 Å². The third-order valence-corrected chi connectivity index (χ3v) is 4.07. The van der Waals surface area contributed by atoms with Crippen LogP contribution in [0.1, 0.15) is 22.3 Å². The van der Waals surface area contributed by atoms with E-state index in [1.807, 2.05) is 26.2 Å². The molecule has 1 aromatic carbocycles. The fourth-order valence-corrected chi connectivity index (χ4v) is 2.80. The summed E-state index contributed by atoms with van der Waals surface area (Å²) < 4.78 is 0. The van der Waals surface area contributed by atoms with Gasteiger partial charge in [0.1, 0.15) is 0 Å². The second-order valence-electron chi connectivity index (χ2n) is 5.58. The van der Waals surface area contributed by atoms with Crippen molar-refractivity contribution in [1.82, 2.24) is 9.80 Å². The minimum absolute atomic E-state index is 0.101. The molecule has 0 unspecified atom stereocenters. The van der Waals surface area contributed by atoms with Crippen molar-refractivity contribution in [2.75, 3.05) is 27.2 Å². The van der Waals surface area contributed by atoms with Gasteiger partial charge in [0.2, 0.25) is 0 Å². The van der Waals surface area contributed by atoms with E-state index in [9.17, 15) is 15.0 Å². The van der Waals surface area contributed by atoms with Gasteiger partial charge < -0.3 is 15.1 Å². The maximum Gasteiger partial charge on any atom is 0.336 e. The molecule has 110 valence electrons. The molecule has 2 atom stereocenters. The average Bonchev–Trinajstić information content (AvgIpc) is 2.82. The van der Waals surface area contributed by atoms with Gasteiger partial charge in [-0.1, -0.05) is 18.2 Å². The first-order valence-corrected chi connectivity index (χ1v) is 6.85. The Labute approximate surface area is 119 Å². The van der Waals surface area contributed by atoms with Crippen molar-refractivity contribution < 1.29 is 15.0 Å². The van der Waals surface area contributed by atoms with Crippen molar-refractivity contribution in [3.63, 3.8) is 0 Å². The van der Waals surface area contributed by atoms with E-state index in [0.717, 1.165) is 18.5 Å². The van der Waals surface area contributed by atoms with Crippen LogP contribution in [0.3, 0.4) is 0 Å². The molecule has 0 spiro atoms. The lowest BCUT2D eigenvalue weighted by atomic mass is 10.1. The highest BCUT2D eigenvalue weighted by atomic mass is 16.4. The zero-order valence-electron chi connectivity index (χ0n) is 12.0. The molecule has 1 aliphatic heterocycles. The number of aromatic carboxylic acids is 1. The predicted octanol–water partition coefficient (Wildman–Crippen LogP) is 0.882. The van der Waals surface area contributed by atoms with Crippen LogP contribution in [0.25, 0.3) is 0 Å². The number of hydrogen-bond donors (Lipinski definition) is 2. The number of benzene rings is 1. The summed E-state index contributed by atoms with van der Waals surface area (Å²) in [5, 5.41) is 18.7. The second kappa shape index (κ2) is 6.35. The smallest absolute Gasteiger partial charge is 0.336 e. The number of nitrogens with zero attached hydrogens (tertiary/aromatic N) is 2. The number of likely N-dealkylation sites (N-methyl/N-ethyl adjacent to an activating group) is 1. The number of aliphatic hydroxyl groups is 1. The summed E-state index contributed by atoms with van der Waals surface area (Å²) in [6.07, 6.45) is 0.915. The Morgan fingerprint density at radius 3 is 2.70 bits per heavy atom. The van der Waals surface area contributed by atoms with E-state index < -0.39 is 5.97 Å². The van der Waals surface area contributed by atoms with Gasteiger partial charge in [0.05, 0.1) is 12.2 Å². The molecule has 0 bridgehead atoms. The Morgan fingerprint density at radius 1 is 1.40 bits per heavy atom. The van der Waals surface area contributed by atoms with E-state index >= 15 is 0 Å². The highest BCUT2D eigenvalue weighted by Gasteiger charge is 2.33. The summed E-state index contributed by atoms with van der Waals surface area (Å²) in [6.45, 7) is 1.53. The number of likely N-dealkylation sites (tertiary alicyclic amines) is 1. The van der Waals surface area contributed by atoms with Gasteiger partial charge in [-0.05, 0) is 32.1 Å². The lowest BCUT2D eigenvalue weighted by Gasteiger charge is -2.23. The second-order valence-corrected chi connectivity index (χ2v) is 5.58. The van der Waals surface area contributed by atoms with Gasteiger partial charge in [-0.15, -0.1) is 0 Å². The monoisotopic (exact) mass is 278 g/mol. The van der Waals surface area contributed by atoms with Crippen LogP contribution in [0.2, 0.25) is 0 Å². The highest BCUT2D eigenvalue weighted by Crippen LogP contribution is 2.24. The zero-order chi connectivity index (χ0) is 14.7. The first kappa shape index (κ1) is 15.0. The summed E-state index contributed by atoms with van der Waals surface area (Å²) in [6, 6.07) is 7.58. The SMILES string of the molecule is CN(C)[C@@H]1C[C@@H](CO)N(Cc2ccccc2C(=O)O)C1. The molecule has 1 saturated heterocycles. The Morgan fingerprint density at radius 2 is 2.10 bits per heavy atom. The number of carboxylic acid groups (broad SMARTS) is 1. The molecule has 1 aliphatic rings. The van der Waals surface area contributed by atoms with Crippen LogP contribution in [0.15, 0.2) is 24.3 Å². The standard InChI is InChI=1S/C15H22N2O3/c1-16(2)12-7-13(10-18)17(9-12)8-11-5-3-4-6-14(11)15(19)20/h3-6,12-13,18H,7-10H2,1-2H3,(H,19,20)/t12-,13+/m1/s1. The van der Waals surface area contributed by atoms with Gasteiger partial charge in [0.15, 0.2) is 0 Å². The lowest BCUT2D eigenvalue weighted by Crippen LogP contribution is -2.33. The van der Waals surface area contributed by atoms with Gasteiger partial charge in [0.25, 0.3) is 0 Å². The minimum atomic E-state index is -0.899. The van der Waals surface area contributed by atoms with Crippen LogP contribution in [0, 0.1) is 0 Å². The third-order valence-electron chi connectivity index (χ3n) is 4.07. The molecule has 2 rings (SSSR count). The van der Waals surface area contributed by atoms with E-state index in [2.05, 4.69) is 9.80 Å². The molecule has 0 saturated carbocycles. The molecule has 1 fully saturated rings. The maximum atomic E-state index is 11.2. The van der Waals surface area contributed by atoms with Gasteiger partial charge in [-0.3, -0.25) is 4.90 Å². The van der Waals surface area contributed by atoms with Crippen molar-refractivity contribution in [3.05, 3.63) is 35.4 Å². The van der Waals surface area contributed by atoms with Crippen molar-refractivity contribution in [2.45, 2.75) is 25.0 Å². The number of rotatable bonds is 5. The van der Waals surface area contributed by atoms with Crippen LogP contribution >= 0.6 is 0 Å². The van der Waals surface area contributed by atoms with Gasteiger partial charge in [0, 0.05) is 25.2 Å². The van der Waals surface area contributed by atoms with Crippen LogP contribution in [0.5, 0.6) is 0 Å². The van der Waals surface area contributed by atoms with Crippen molar-refractivity contribution in [3.8, 4) is 0 Å². The number of hydrogen-bond acceptors (Lipinski definition) is 4. The van der Waals surface area contributed by atoms with Crippen LogP contribution in [-0.2, 0) is 6.54 Å². The zero-order valence-corrected chi connectivity index (χ0v) is 12.0. The van der Waals surface area contributed by atoms with Crippen LogP contribution in [0.4, 0.5) is 0 Å². The highest BCUT2D eigenvalue weighted by molar-refractivity contribution is 5.89. The van der Waals surface area contributed by atoms with Crippen molar-refractivity contribution >= 4 is 5.97 Å². The summed E-state index contributed by atoms with van der Waals surface area (Å²) in [4.78, 5) is 15.6. The van der Waals surface area contributed by atoms with Crippen molar-refractivity contribution in [2.24, 2.45) is 0 Å². The van der Waals surface area contributed by atoms with Crippen LogP contribution in [-0.4, -0.2) is 65.3 Å². The molecular weight excluding hydrogens is 256 g/mol. The molecule has 0 radical (unpaired) electrons. The van der Waals surface area contributed by atoms with E-state index in [0.29, 0.717) is 18.2 Å². The molecule has 0 amide bonds. The summed E-state index contributed by atoms with van der Waals surface area (Å²) in [5.74, 6) is -0.899. The molecule has 2 N–H and O–H groups in total. The van der Waals surface area contributed by atoms with E-state index in [-0.39, 0.29) is 12.6 Å². The lowest BCUT2D eigenvalue weighted by molar-refractivity contribution is 0.0693. The fraction of sp³-hybridized carbons (Fsp3) is 0.533. The Kier molecular flexibility index (Phi) is 4.75. The molecule has 0 aromatic heterocycles. The van der Waals surface area contributed by atoms with Crippen LogP contribution < -0.4 is 0 Å². The molecule has 20 heavy (non-hydrogen) atoms. The summed E-state index contributed by atoms with van der Waals surface area (Å²) in [7, 11) is 4.07. The maximum absolute atomic E-state index is 11.2.